The van der Waals surface area contributed by atoms with Gasteiger partial charge in [-0.2, -0.15) is 0 Å². The standard InChI is InChI=1S/C16H17NO3S/c1-16(20-3)11-7-4-5-8-12(11)17(15(16)19-2)14(18)13-9-6-10-21-13/h4-10,15H,1-3H3. The van der Waals surface area contributed by atoms with Crippen molar-refractivity contribution in [1.29, 1.82) is 0 Å². The van der Waals surface area contributed by atoms with Crippen LogP contribution in [0, 0.1) is 0 Å². The van der Waals surface area contributed by atoms with Crippen LogP contribution in [0.1, 0.15) is 22.2 Å². The van der Waals surface area contributed by atoms with Crippen LogP contribution in [-0.4, -0.2) is 26.4 Å². The third kappa shape index (κ3) is 2.00. The number of methoxy groups -OCH3 is 2. The number of carbonyl (C=O) groups is 1. The summed E-state index contributed by atoms with van der Waals surface area (Å²) < 4.78 is 11.3. The molecule has 0 saturated carbocycles. The van der Waals surface area contributed by atoms with Crippen LogP contribution in [0.15, 0.2) is 41.8 Å². The number of hydrogen-bond acceptors (Lipinski definition) is 4. The number of carbonyl (C=O) groups excluding carboxylic acids is 1. The zero-order valence-electron chi connectivity index (χ0n) is 12.2. The molecule has 0 saturated heterocycles. The molecule has 0 spiro atoms. The maximum atomic E-state index is 12.8. The summed E-state index contributed by atoms with van der Waals surface area (Å²) in [5, 5.41) is 1.90. The molecule has 1 aliphatic heterocycles. The number of anilines is 1. The number of hydrogen-bond donors (Lipinski definition) is 0. The second kappa shape index (κ2) is 5.26. The SMILES string of the molecule is COC1N(C(=O)c2cccs2)c2ccccc2C1(C)OC. The largest absolute Gasteiger partial charge is 0.369 e. The van der Waals surface area contributed by atoms with Crippen LogP contribution in [0.25, 0.3) is 0 Å². The Morgan fingerprint density at radius 2 is 2.00 bits per heavy atom. The first-order valence-corrected chi connectivity index (χ1v) is 7.56. The quantitative estimate of drug-likeness (QED) is 0.873. The Kier molecular flexibility index (Phi) is 3.57. The third-order valence-corrected chi connectivity index (χ3v) is 4.86. The molecule has 0 bridgehead atoms. The number of nitrogens with zero attached hydrogens (tertiary/aromatic N) is 1. The smallest absolute Gasteiger partial charge is 0.270 e. The first-order valence-electron chi connectivity index (χ1n) is 6.68. The fraction of sp³-hybridized carbons (Fsp3) is 0.312. The minimum Gasteiger partial charge on any atom is -0.369 e. The molecule has 2 atom stereocenters. The Morgan fingerprint density at radius 3 is 2.62 bits per heavy atom. The van der Waals surface area contributed by atoms with Gasteiger partial charge in [0, 0.05) is 19.8 Å². The summed E-state index contributed by atoms with van der Waals surface area (Å²) in [6.45, 7) is 1.95. The lowest BCUT2D eigenvalue weighted by Crippen LogP contribution is -2.48. The van der Waals surface area contributed by atoms with E-state index in [1.54, 1.807) is 19.1 Å². The number of fused-ring (bicyclic) bond motifs is 1. The summed E-state index contributed by atoms with van der Waals surface area (Å²) in [5.41, 5.74) is 1.12. The van der Waals surface area contributed by atoms with Crippen molar-refractivity contribution in [3.63, 3.8) is 0 Å². The number of para-hydroxylation sites is 1. The Hall–Kier alpha value is -1.69. The maximum absolute atomic E-state index is 12.8. The maximum Gasteiger partial charge on any atom is 0.270 e. The molecule has 2 aromatic rings. The Morgan fingerprint density at radius 1 is 1.24 bits per heavy atom. The van der Waals surface area contributed by atoms with E-state index in [0.29, 0.717) is 4.88 Å². The van der Waals surface area contributed by atoms with Crippen LogP contribution < -0.4 is 4.90 Å². The monoisotopic (exact) mass is 303 g/mol. The molecule has 2 unspecified atom stereocenters. The van der Waals surface area contributed by atoms with Crippen molar-refractivity contribution in [2.75, 3.05) is 19.1 Å². The lowest BCUT2D eigenvalue weighted by molar-refractivity contribution is -0.0994. The highest BCUT2D eigenvalue weighted by Gasteiger charge is 2.51. The van der Waals surface area contributed by atoms with Gasteiger partial charge in [0.25, 0.3) is 5.91 Å². The molecule has 1 amide bonds. The van der Waals surface area contributed by atoms with E-state index in [1.165, 1.54) is 11.3 Å². The summed E-state index contributed by atoms with van der Waals surface area (Å²) in [4.78, 5) is 15.2. The lowest BCUT2D eigenvalue weighted by atomic mass is 9.97. The predicted molar refractivity (Wildman–Crippen MR) is 82.7 cm³/mol. The van der Waals surface area contributed by atoms with E-state index in [0.717, 1.165) is 11.3 Å². The third-order valence-electron chi connectivity index (χ3n) is 4.00. The second-order valence-electron chi connectivity index (χ2n) is 5.07. The highest BCUT2D eigenvalue weighted by atomic mass is 32.1. The normalized spacial score (nSPS) is 24.1. The van der Waals surface area contributed by atoms with E-state index in [9.17, 15) is 4.79 Å². The van der Waals surface area contributed by atoms with Gasteiger partial charge in [-0.1, -0.05) is 24.3 Å². The van der Waals surface area contributed by atoms with E-state index in [4.69, 9.17) is 9.47 Å². The average molecular weight is 303 g/mol. The molecule has 0 radical (unpaired) electrons. The molecule has 4 nitrogen and oxygen atoms in total. The van der Waals surface area contributed by atoms with Gasteiger partial charge in [0.1, 0.15) is 5.60 Å². The molecular weight excluding hydrogens is 286 g/mol. The summed E-state index contributed by atoms with van der Waals surface area (Å²) in [6, 6.07) is 11.5. The first kappa shape index (κ1) is 14.3. The van der Waals surface area contributed by atoms with Gasteiger partial charge >= 0.3 is 0 Å². The van der Waals surface area contributed by atoms with Crippen molar-refractivity contribution < 1.29 is 14.3 Å². The van der Waals surface area contributed by atoms with Crippen molar-refractivity contribution in [3.8, 4) is 0 Å². The molecule has 21 heavy (non-hydrogen) atoms. The lowest BCUT2D eigenvalue weighted by Gasteiger charge is -2.33. The fourth-order valence-electron chi connectivity index (χ4n) is 2.89. The van der Waals surface area contributed by atoms with Gasteiger partial charge in [0.15, 0.2) is 6.23 Å². The Labute approximate surface area is 127 Å². The van der Waals surface area contributed by atoms with Crippen molar-refractivity contribution in [1.82, 2.24) is 0 Å². The van der Waals surface area contributed by atoms with Crippen LogP contribution in [0.2, 0.25) is 0 Å². The molecule has 1 aliphatic rings. The molecule has 1 aromatic carbocycles. The molecule has 110 valence electrons. The van der Waals surface area contributed by atoms with Gasteiger partial charge in [0.2, 0.25) is 0 Å². The van der Waals surface area contributed by atoms with Crippen LogP contribution in [-0.2, 0) is 15.1 Å². The Bertz CT molecular complexity index is 655. The summed E-state index contributed by atoms with van der Waals surface area (Å²) >= 11 is 1.43. The number of ether oxygens (including phenoxy) is 2. The van der Waals surface area contributed by atoms with Crippen LogP contribution >= 0.6 is 11.3 Å². The number of thiophene rings is 1. The van der Waals surface area contributed by atoms with Crippen molar-refractivity contribution >= 4 is 22.9 Å². The average Bonchev–Trinajstić information content (AvgIpc) is 3.12. The molecule has 3 rings (SSSR count). The molecule has 0 N–H and O–H groups in total. The van der Waals surface area contributed by atoms with Gasteiger partial charge in [-0.05, 0) is 24.4 Å². The number of benzene rings is 1. The van der Waals surface area contributed by atoms with Gasteiger partial charge in [0.05, 0.1) is 10.6 Å². The minimum atomic E-state index is -0.682. The summed E-state index contributed by atoms with van der Waals surface area (Å²) in [6.07, 6.45) is -0.491. The predicted octanol–water partition coefficient (Wildman–Crippen LogP) is 3.24. The number of amides is 1. The number of rotatable bonds is 3. The van der Waals surface area contributed by atoms with Crippen LogP contribution in [0.3, 0.4) is 0 Å². The Balaban J connectivity index is 2.14. The highest BCUT2D eigenvalue weighted by Crippen LogP contribution is 2.46. The fourth-order valence-corrected chi connectivity index (χ4v) is 3.55. The highest BCUT2D eigenvalue weighted by molar-refractivity contribution is 7.12. The summed E-state index contributed by atoms with van der Waals surface area (Å²) in [7, 11) is 3.24. The van der Waals surface area contributed by atoms with E-state index < -0.39 is 11.8 Å². The molecule has 0 aliphatic carbocycles. The second-order valence-corrected chi connectivity index (χ2v) is 6.02. The summed E-state index contributed by atoms with van der Waals surface area (Å²) in [5.74, 6) is -0.0647. The van der Waals surface area contributed by atoms with E-state index in [2.05, 4.69) is 0 Å². The van der Waals surface area contributed by atoms with Crippen molar-refractivity contribution in [3.05, 3.63) is 52.2 Å². The topological polar surface area (TPSA) is 38.8 Å². The van der Waals surface area contributed by atoms with E-state index >= 15 is 0 Å². The molecular formula is C16H17NO3S. The van der Waals surface area contributed by atoms with E-state index in [-0.39, 0.29) is 5.91 Å². The molecule has 0 fully saturated rings. The first-order chi connectivity index (χ1) is 10.1. The van der Waals surface area contributed by atoms with Crippen molar-refractivity contribution in [2.24, 2.45) is 0 Å². The van der Waals surface area contributed by atoms with Gasteiger partial charge < -0.3 is 9.47 Å². The minimum absolute atomic E-state index is 0.0647. The van der Waals surface area contributed by atoms with Gasteiger partial charge in [-0.25, -0.2) is 0 Å². The van der Waals surface area contributed by atoms with Crippen LogP contribution in [0.5, 0.6) is 0 Å². The molecule has 5 heteroatoms. The molecule has 2 heterocycles. The molecule has 1 aromatic heterocycles. The zero-order chi connectivity index (χ0) is 15.0. The zero-order valence-corrected chi connectivity index (χ0v) is 13.0. The van der Waals surface area contributed by atoms with Gasteiger partial charge in [-0.3, -0.25) is 9.69 Å². The van der Waals surface area contributed by atoms with Crippen molar-refractivity contribution in [2.45, 2.75) is 18.8 Å². The van der Waals surface area contributed by atoms with E-state index in [1.807, 2.05) is 48.7 Å². The van der Waals surface area contributed by atoms with Gasteiger partial charge in [-0.15, -0.1) is 11.3 Å². The van der Waals surface area contributed by atoms with Crippen LogP contribution in [0.4, 0.5) is 5.69 Å².